The highest BCUT2D eigenvalue weighted by atomic mass is 79.9. The standard InChI is InChI=1S/C7H4BrF4NO/c8-6(9,10)7(11,12)13-4-2-1-3-5(13)14/h1-4H. The van der Waals surface area contributed by atoms with Crippen LogP contribution in [0.3, 0.4) is 0 Å². The summed E-state index contributed by atoms with van der Waals surface area (Å²) in [6.07, 6.45) is 0.595. The van der Waals surface area contributed by atoms with E-state index in [1.807, 2.05) is 0 Å². The van der Waals surface area contributed by atoms with Crippen molar-refractivity contribution >= 4 is 15.9 Å². The number of alkyl halides is 5. The molecule has 0 saturated heterocycles. The van der Waals surface area contributed by atoms with Crippen LogP contribution in [-0.4, -0.2) is 9.40 Å². The van der Waals surface area contributed by atoms with Gasteiger partial charge in [-0.1, -0.05) is 6.07 Å². The summed E-state index contributed by atoms with van der Waals surface area (Å²) in [4.78, 5) is 6.37. The normalized spacial score (nSPS) is 12.9. The van der Waals surface area contributed by atoms with Crippen LogP contribution >= 0.6 is 15.9 Å². The van der Waals surface area contributed by atoms with E-state index < -0.39 is 16.4 Å². The lowest BCUT2D eigenvalue weighted by atomic mass is 10.4. The van der Waals surface area contributed by atoms with Gasteiger partial charge in [0.25, 0.3) is 5.56 Å². The fourth-order valence-electron chi connectivity index (χ4n) is 0.796. The van der Waals surface area contributed by atoms with Crippen molar-refractivity contribution < 1.29 is 17.6 Å². The summed E-state index contributed by atoms with van der Waals surface area (Å²) < 4.78 is 50.2. The zero-order chi connectivity index (χ0) is 11.0. The topological polar surface area (TPSA) is 22.0 Å². The molecule has 0 aromatic carbocycles. The first-order chi connectivity index (χ1) is 6.27. The highest BCUT2D eigenvalue weighted by Gasteiger charge is 2.56. The molecule has 0 radical (unpaired) electrons. The van der Waals surface area contributed by atoms with Crippen LogP contribution in [0, 0.1) is 0 Å². The summed E-state index contributed by atoms with van der Waals surface area (Å²) in [5.74, 6) is 0. The second-order valence-electron chi connectivity index (χ2n) is 2.45. The average molecular weight is 274 g/mol. The van der Waals surface area contributed by atoms with Crippen molar-refractivity contribution in [3.63, 3.8) is 0 Å². The van der Waals surface area contributed by atoms with Crippen LogP contribution in [-0.2, 0) is 6.05 Å². The Morgan fingerprint density at radius 3 is 2.21 bits per heavy atom. The average Bonchev–Trinajstić information content (AvgIpc) is 2.02. The second kappa shape index (κ2) is 3.38. The molecule has 1 aromatic rings. The number of nitrogens with zero attached hydrogens (tertiary/aromatic N) is 1. The van der Waals surface area contributed by atoms with Gasteiger partial charge < -0.3 is 0 Å². The van der Waals surface area contributed by atoms with E-state index in [0.717, 1.165) is 12.1 Å². The van der Waals surface area contributed by atoms with Crippen LogP contribution in [0.2, 0.25) is 0 Å². The van der Waals surface area contributed by atoms with Gasteiger partial charge in [-0.3, -0.25) is 4.79 Å². The lowest BCUT2D eigenvalue weighted by Gasteiger charge is -2.22. The lowest BCUT2D eigenvalue weighted by molar-refractivity contribution is -0.208. The molecule has 7 heteroatoms. The fourth-order valence-corrected chi connectivity index (χ4v) is 0.987. The maximum absolute atomic E-state index is 12.9. The predicted octanol–water partition coefficient (Wildman–Crippen LogP) is 2.39. The lowest BCUT2D eigenvalue weighted by Crippen LogP contribution is -2.43. The molecule has 0 aliphatic rings. The second-order valence-corrected chi connectivity index (χ2v) is 3.44. The largest absolute Gasteiger partial charge is 0.405 e. The highest BCUT2D eigenvalue weighted by Crippen LogP contribution is 2.42. The molecule has 0 aliphatic carbocycles. The number of pyridine rings is 1. The molecule has 2 nitrogen and oxygen atoms in total. The third-order valence-electron chi connectivity index (χ3n) is 1.47. The Morgan fingerprint density at radius 2 is 1.79 bits per heavy atom. The minimum Gasteiger partial charge on any atom is -0.269 e. The van der Waals surface area contributed by atoms with Gasteiger partial charge in [0, 0.05) is 12.3 Å². The van der Waals surface area contributed by atoms with Crippen molar-refractivity contribution in [3.8, 4) is 0 Å². The van der Waals surface area contributed by atoms with Crippen LogP contribution in [0.5, 0.6) is 0 Å². The number of hydrogen-bond donors (Lipinski definition) is 0. The molecular formula is C7H4BrF4NO. The van der Waals surface area contributed by atoms with Crippen molar-refractivity contribution in [3.05, 3.63) is 34.7 Å². The first-order valence-electron chi connectivity index (χ1n) is 3.39. The molecule has 78 valence electrons. The summed E-state index contributed by atoms with van der Waals surface area (Å²) >= 11 is 1.53. The first-order valence-corrected chi connectivity index (χ1v) is 4.19. The molecule has 14 heavy (non-hydrogen) atoms. The van der Waals surface area contributed by atoms with E-state index in [1.165, 1.54) is 22.0 Å². The molecule has 0 aliphatic heterocycles. The van der Waals surface area contributed by atoms with Crippen LogP contribution < -0.4 is 5.56 Å². The van der Waals surface area contributed by atoms with Gasteiger partial charge in [-0.05, 0) is 22.0 Å². The molecule has 1 aromatic heterocycles. The van der Waals surface area contributed by atoms with Crippen molar-refractivity contribution in [2.75, 3.05) is 0 Å². The Labute approximate surface area is 84.3 Å². The minimum absolute atomic E-state index is 0.332. The summed E-state index contributed by atoms with van der Waals surface area (Å²) in [6, 6.07) is -1.58. The smallest absolute Gasteiger partial charge is 0.269 e. The fraction of sp³-hybridized carbons (Fsp3) is 0.286. The van der Waals surface area contributed by atoms with Crippen molar-refractivity contribution in [2.45, 2.75) is 10.9 Å². The minimum atomic E-state index is -4.59. The number of rotatable bonds is 2. The zero-order valence-electron chi connectivity index (χ0n) is 6.55. The summed E-state index contributed by atoms with van der Waals surface area (Å²) in [5, 5.41) is 0. The van der Waals surface area contributed by atoms with E-state index in [9.17, 15) is 22.4 Å². The highest BCUT2D eigenvalue weighted by molar-refractivity contribution is 9.10. The summed E-state index contributed by atoms with van der Waals surface area (Å²) in [5.41, 5.74) is -1.20. The molecule has 0 unspecified atom stereocenters. The van der Waals surface area contributed by atoms with Crippen LogP contribution in [0.1, 0.15) is 0 Å². The number of aromatic nitrogens is 1. The summed E-state index contributed by atoms with van der Waals surface area (Å²) in [7, 11) is 0. The van der Waals surface area contributed by atoms with E-state index in [-0.39, 0.29) is 4.57 Å². The van der Waals surface area contributed by atoms with E-state index in [4.69, 9.17) is 0 Å². The predicted molar refractivity (Wildman–Crippen MR) is 44.8 cm³/mol. The molecule has 0 saturated carbocycles. The molecule has 0 amide bonds. The molecule has 1 rings (SSSR count). The Balaban J connectivity index is 3.31. The molecule has 0 fully saturated rings. The molecule has 0 bridgehead atoms. The van der Waals surface area contributed by atoms with Gasteiger partial charge in [0.15, 0.2) is 0 Å². The maximum atomic E-state index is 12.9. The molecule has 0 atom stereocenters. The van der Waals surface area contributed by atoms with Gasteiger partial charge in [0.1, 0.15) is 0 Å². The SMILES string of the molecule is O=c1ccccn1C(F)(F)C(F)(F)Br. The van der Waals surface area contributed by atoms with E-state index in [0.29, 0.717) is 6.20 Å². The van der Waals surface area contributed by atoms with Crippen LogP contribution in [0.25, 0.3) is 0 Å². The summed E-state index contributed by atoms with van der Waals surface area (Å²) in [6.45, 7) is 0. The Kier molecular flexibility index (Phi) is 2.71. The van der Waals surface area contributed by atoms with E-state index >= 15 is 0 Å². The zero-order valence-corrected chi connectivity index (χ0v) is 8.14. The first kappa shape index (κ1) is 11.2. The number of halogens is 5. The maximum Gasteiger partial charge on any atom is 0.405 e. The molecule has 0 N–H and O–H groups in total. The third kappa shape index (κ3) is 1.82. The van der Waals surface area contributed by atoms with Crippen LogP contribution in [0.15, 0.2) is 29.2 Å². The Bertz CT molecular complexity index is 384. The molecular weight excluding hydrogens is 270 g/mol. The van der Waals surface area contributed by atoms with Gasteiger partial charge in [-0.25, -0.2) is 4.57 Å². The van der Waals surface area contributed by atoms with Gasteiger partial charge in [0.2, 0.25) is 0 Å². The number of hydrogen-bond acceptors (Lipinski definition) is 1. The Morgan fingerprint density at radius 1 is 1.21 bits per heavy atom. The van der Waals surface area contributed by atoms with Crippen molar-refractivity contribution in [1.82, 2.24) is 4.57 Å². The quantitative estimate of drug-likeness (QED) is 0.599. The third-order valence-corrected chi connectivity index (χ3v) is 1.94. The Hall–Kier alpha value is -0.850. The van der Waals surface area contributed by atoms with Gasteiger partial charge in [-0.2, -0.15) is 17.6 Å². The van der Waals surface area contributed by atoms with Gasteiger partial charge in [-0.15, -0.1) is 0 Å². The van der Waals surface area contributed by atoms with E-state index in [2.05, 4.69) is 0 Å². The van der Waals surface area contributed by atoms with Gasteiger partial charge >= 0.3 is 10.9 Å². The van der Waals surface area contributed by atoms with E-state index in [1.54, 1.807) is 0 Å². The van der Waals surface area contributed by atoms with Gasteiger partial charge in [0.05, 0.1) is 0 Å². The molecule has 1 heterocycles. The van der Waals surface area contributed by atoms with Crippen LogP contribution in [0.4, 0.5) is 17.6 Å². The molecule has 0 spiro atoms. The van der Waals surface area contributed by atoms with Crippen molar-refractivity contribution in [1.29, 1.82) is 0 Å². The van der Waals surface area contributed by atoms with Crippen molar-refractivity contribution in [2.24, 2.45) is 0 Å². The monoisotopic (exact) mass is 273 g/mol.